The summed E-state index contributed by atoms with van der Waals surface area (Å²) in [5.74, 6) is 1.08. The number of unbranched alkanes of at least 4 members (excludes halogenated alkanes) is 2. The van der Waals surface area contributed by atoms with Gasteiger partial charge in [-0.3, -0.25) is 4.90 Å². The van der Waals surface area contributed by atoms with Crippen molar-refractivity contribution in [3.63, 3.8) is 0 Å². The highest BCUT2D eigenvalue weighted by Gasteiger charge is 2.20. The number of rotatable bonds is 6. The summed E-state index contributed by atoms with van der Waals surface area (Å²) in [6.45, 7) is 7.87. The quantitative estimate of drug-likeness (QED) is 0.664. The molecule has 4 heteroatoms. The van der Waals surface area contributed by atoms with E-state index in [1.807, 2.05) is 11.8 Å². The minimum absolute atomic E-state index is 1.05. The Morgan fingerprint density at radius 2 is 1.87 bits per heavy atom. The van der Waals surface area contributed by atoms with E-state index in [0.29, 0.717) is 0 Å². The fourth-order valence-corrected chi connectivity index (χ4v) is 2.75. The molecule has 15 heavy (non-hydrogen) atoms. The van der Waals surface area contributed by atoms with Crippen LogP contribution < -0.4 is 0 Å². The molecule has 1 heterocycles. The highest BCUT2D eigenvalue weighted by Crippen LogP contribution is 2.19. The number of thioether (sulfide) groups is 1. The van der Waals surface area contributed by atoms with Crippen LogP contribution in [0, 0.1) is 0 Å². The van der Waals surface area contributed by atoms with Crippen LogP contribution in [0.5, 0.6) is 0 Å². The lowest BCUT2D eigenvalue weighted by Crippen LogP contribution is -2.45. The van der Waals surface area contributed by atoms with Gasteiger partial charge in [-0.25, -0.2) is 0 Å². The highest BCUT2D eigenvalue weighted by molar-refractivity contribution is 8.22. The highest BCUT2D eigenvalue weighted by atomic mass is 32.2. The van der Waals surface area contributed by atoms with Crippen LogP contribution in [0.15, 0.2) is 0 Å². The maximum absolute atomic E-state index is 5.37. The summed E-state index contributed by atoms with van der Waals surface area (Å²) in [5, 5.41) is 0. The molecule has 2 nitrogen and oxygen atoms in total. The van der Waals surface area contributed by atoms with Crippen LogP contribution in [0.4, 0.5) is 0 Å². The van der Waals surface area contributed by atoms with E-state index in [0.717, 1.165) is 23.4 Å². The summed E-state index contributed by atoms with van der Waals surface area (Å²) < 4.78 is 1.09. The predicted octanol–water partition coefficient (Wildman–Crippen LogP) is 3.14. The van der Waals surface area contributed by atoms with Gasteiger partial charge in [-0.15, -0.1) is 0 Å². The second kappa shape index (κ2) is 7.47. The van der Waals surface area contributed by atoms with Crippen molar-refractivity contribution in [2.24, 2.45) is 0 Å². The van der Waals surface area contributed by atoms with Gasteiger partial charge in [0, 0.05) is 13.1 Å². The number of hydrogen-bond donors (Lipinski definition) is 0. The van der Waals surface area contributed by atoms with Crippen molar-refractivity contribution in [1.82, 2.24) is 9.80 Å². The van der Waals surface area contributed by atoms with E-state index in [2.05, 4.69) is 23.6 Å². The molecule has 0 unspecified atom stereocenters. The van der Waals surface area contributed by atoms with Crippen LogP contribution in [0.2, 0.25) is 0 Å². The van der Waals surface area contributed by atoms with Crippen molar-refractivity contribution in [1.29, 1.82) is 0 Å². The fourth-order valence-electron chi connectivity index (χ4n) is 1.61. The van der Waals surface area contributed by atoms with E-state index in [4.69, 9.17) is 12.2 Å². The van der Waals surface area contributed by atoms with Crippen LogP contribution in [0.1, 0.15) is 39.5 Å². The van der Waals surface area contributed by atoms with Crippen LogP contribution >= 0.6 is 24.0 Å². The second-order valence-corrected chi connectivity index (χ2v) is 5.62. The predicted molar refractivity (Wildman–Crippen MR) is 73.2 cm³/mol. The van der Waals surface area contributed by atoms with Gasteiger partial charge in [0.15, 0.2) is 0 Å². The van der Waals surface area contributed by atoms with E-state index >= 15 is 0 Å². The Kier molecular flexibility index (Phi) is 6.61. The maximum Gasteiger partial charge on any atom is 0.138 e. The van der Waals surface area contributed by atoms with E-state index in [1.165, 1.54) is 32.2 Å². The zero-order valence-electron chi connectivity index (χ0n) is 9.87. The zero-order chi connectivity index (χ0) is 11.1. The second-order valence-electron chi connectivity index (χ2n) is 4.05. The third-order valence-corrected chi connectivity index (χ3v) is 4.22. The molecule has 0 N–H and O–H groups in total. The van der Waals surface area contributed by atoms with Crippen molar-refractivity contribution in [3.8, 4) is 0 Å². The van der Waals surface area contributed by atoms with Gasteiger partial charge in [0.25, 0.3) is 0 Å². The molecule has 0 radical (unpaired) electrons. The van der Waals surface area contributed by atoms with Crippen LogP contribution in [-0.2, 0) is 0 Å². The molecule has 0 aromatic heterocycles. The first-order chi connectivity index (χ1) is 7.27. The Labute approximate surface area is 103 Å². The van der Waals surface area contributed by atoms with Crippen molar-refractivity contribution < 1.29 is 0 Å². The summed E-state index contributed by atoms with van der Waals surface area (Å²) in [4.78, 5) is 4.85. The Morgan fingerprint density at radius 1 is 1.20 bits per heavy atom. The molecular weight excluding hydrogens is 224 g/mol. The fraction of sp³-hybridized carbons (Fsp3) is 0.909. The number of nitrogens with zero attached hydrogens (tertiary/aromatic N) is 2. The standard InChI is InChI=1S/C11H22N2S2/c1-3-5-7-12-9-13(8-6-4-2)11(14)15-10-12/h3-10H2,1-2H3. The Bertz CT molecular complexity index is 197. The molecule has 0 aromatic rings. The third-order valence-electron chi connectivity index (χ3n) is 2.61. The van der Waals surface area contributed by atoms with Gasteiger partial charge in [-0.1, -0.05) is 50.7 Å². The Morgan fingerprint density at radius 3 is 2.53 bits per heavy atom. The van der Waals surface area contributed by atoms with Crippen molar-refractivity contribution in [3.05, 3.63) is 0 Å². The summed E-state index contributed by atoms with van der Waals surface area (Å²) in [6, 6.07) is 0. The van der Waals surface area contributed by atoms with Gasteiger partial charge in [0.2, 0.25) is 0 Å². The lowest BCUT2D eigenvalue weighted by molar-refractivity contribution is 0.208. The lowest BCUT2D eigenvalue weighted by atomic mass is 10.3. The van der Waals surface area contributed by atoms with Gasteiger partial charge in [0.05, 0.1) is 12.5 Å². The molecular formula is C11H22N2S2. The number of hydrogen-bond acceptors (Lipinski definition) is 3. The Hall–Kier alpha value is 0.200. The molecule has 1 aliphatic heterocycles. The van der Waals surface area contributed by atoms with Gasteiger partial charge >= 0.3 is 0 Å². The first-order valence-electron chi connectivity index (χ1n) is 5.92. The molecule has 0 amide bonds. The van der Waals surface area contributed by atoms with Crippen molar-refractivity contribution >= 4 is 28.3 Å². The maximum atomic E-state index is 5.37. The zero-order valence-corrected chi connectivity index (χ0v) is 11.5. The van der Waals surface area contributed by atoms with E-state index in [-0.39, 0.29) is 0 Å². The molecule has 1 fully saturated rings. The van der Waals surface area contributed by atoms with Gasteiger partial charge in [-0.2, -0.15) is 0 Å². The van der Waals surface area contributed by atoms with Gasteiger partial charge < -0.3 is 4.90 Å². The summed E-state index contributed by atoms with van der Waals surface area (Å²) >= 11 is 7.19. The third kappa shape index (κ3) is 4.70. The SMILES string of the molecule is CCCCN1CSC(=S)N(CCCC)C1. The topological polar surface area (TPSA) is 6.48 Å². The lowest BCUT2D eigenvalue weighted by Gasteiger charge is -2.36. The molecule has 1 aliphatic rings. The minimum atomic E-state index is 1.05. The van der Waals surface area contributed by atoms with E-state index < -0.39 is 0 Å². The van der Waals surface area contributed by atoms with Gasteiger partial charge in [0.1, 0.15) is 4.32 Å². The van der Waals surface area contributed by atoms with E-state index in [9.17, 15) is 0 Å². The molecule has 1 rings (SSSR count). The van der Waals surface area contributed by atoms with Crippen LogP contribution in [0.25, 0.3) is 0 Å². The Balaban J connectivity index is 2.31. The minimum Gasteiger partial charge on any atom is -0.344 e. The smallest absolute Gasteiger partial charge is 0.138 e. The average molecular weight is 246 g/mol. The molecule has 0 spiro atoms. The summed E-state index contributed by atoms with van der Waals surface area (Å²) in [5.41, 5.74) is 0. The van der Waals surface area contributed by atoms with E-state index in [1.54, 1.807) is 0 Å². The van der Waals surface area contributed by atoms with Crippen molar-refractivity contribution in [2.45, 2.75) is 39.5 Å². The molecule has 0 atom stereocenters. The molecule has 1 saturated heterocycles. The number of thiocarbonyl (C=S) groups is 1. The molecule has 88 valence electrons. The van der Waals surface area contributed by atoms with Crippen molar-refractivity contribution in [2.75, 3.05) is 25.6 Å². The largest absolute Gasteiger partial charge is 0.344 e. The normalized spacial score (nSPS) is 18.5. The van der Waals surface area contributed by atoms with Crippen LogP contribution in [-0.4, -0.2) is 39.8 Å². The first-order valence-corrected chi connectivity index (χ1v) is 7.31. The van der Waals surface area contributed by atoms with Gasteiger partial charge in [-0.05, 0) is 12.8 Å². The molecule has 0 aromatic carbocycles. The molecule has 0 saturated carbocycles. The van der Waals surface area contributed by atoms with Crippen LogP contribution in [0.3, 0.4) is 0 Å². The first kappa shape index (κ1) is 13.3. The summed E-state index contributed by atoms with van der Waals surface area (Å²) in [6.07, 6.45) is 5.08. The summed E-state index contributed by atoms with van der Waals surface area (Å²) in [7, 11) is 0. The molecule has 0 aliphatic carbocycles. The average Bonchev–Trinajstić information content (AvgIpc) is 2.26. The monoisotopic (exact) mass is 246 g/mol. The molecule has 0 bridgehead atoms.